The number of benzene rings is 1. The molecule has 0 fully saturated rings. The molecule has 0 saturated carbocycles. The molecule has 0 aliphatic carbocycles. The Morgan fingerprint density at radius 3 is 2.81 bits per heavy atom. The van der Waals surface area contributed by atoms with Crippen LogP contribution in [0.2, 0.25) is 5.02 Å². The maximum absolute atomic E-state index is 12.1. The fraction of sp³-hybridized carbons (Fsp3) is 0.167. The number of amides is 1. The molecule has 134 valence electrons. The summed E-state index contributed by atoms with van der Waals surface area (Å²) in [6.45, 7) is -0.0203. The van der Waals surface area contributed by atoms with Crippen LogP contribution in [0.1, 0.15) is 16.1 Å². The quantitative estimate of drug-likeness (QED) is 0.623. The number of carbonyl (C=O) groups is 2. The number of rotatable bonds is 5. The number of thiophene rings is 1. The molecule has 0 unspecified atom stereocenters. The van der Waals surface area contributed by atoms with Crippen molar-refractivity contribution in [1.29, 1.82) is 0 Å². The van der Waals surface area contributed by atoms with E-state index in [0.717, 1.165) is 11.6 Å². The van der Waals surface area contributed by atoms with Gasteiger partial charge in [0.05, 0.1) is 5.39 Å². The number of nitrogens with zero attached hydrogens (tertiary/aromatic N) is 1. The van der Waals surface area contributed by atoms with E-state index in [2.05, 4.69) is 0 Å². The minimum atomic E-state index is -0.878. The Bertz CT molecular complexity index is 1010. The van der Waals surface area contributed by atoms with E-state index < -0.39 is 18.0 Å². The number of halogens is 1. The standard InChI is InChI=1S/C18H14ClNO5S/c1-20(8-11-4-5-26-10-11)17(22)9-24-18(23)16-7-14(21)13-6-12(19)2-3-15(13)25-16/h2-7,10H,8-9H2,1H3. The van der Waals surface area contributed by atoms with Crippen molar-refractivity contribution < 1.29 is 18.7 Å². The van der Waals surface area contributed by atoms with Crippen molar-refractivity contribution in [3.8, 4) is 0 Å². The van der Waals surface area contributed by atoms with Crippen LogP contribution >= 0.6 is 22.9 Å². The predicted octanol–water partition coefficient (Wildman–Crippen LogP) is 3.32. The highest BCUT2D eigenvalue weighted by Crippen LogP contribution is 2.18. The second-order valence-corrected chi connectivity index (χ2v) is 6.79. The number of ether oxygens (including phenoxy) is 1. The van der Waals surface area contributed by atoms with Crippen molar-refractivity contribution in [2.75, 3.05) is 13.7 Å². The summed E-state index contributed by atoms with van der Waals surface area (Å²) in [6.07, 6.45) is 0. The van der Waals surface area contributed by atoms with Crippen molar-refractivity contribution >= 4 is 45.8 Å². The van der Waals surface area contributed by atoms with Gasteiger partial charge >= 0.3 is 5.97 Å². The molecular formula is C18H14ClNO5S. The Morgan fingerprint density at radius 2 is 2.08 bits per heavy atom. The van der Waals surface area contributed by atoms with E-state index in [1.165, 1.54) is 28.4 Å². The molecule has 26 heavy (non-hydrogen) atoms. The first-order valence-corrected chi connectivity index (χ1v) is 8.91. The van der Waals surface area contributed by atoms with E-state index in [0.29, 0.717) is 11.6 Å². The third-order valence-electron chi connectivity index (χ3n) is 3.64. The average Bonchev–Trinajstić information content (AvgIpc) is 3.12. The summed E-state index contributed by atoms with van der Waals surface area (Å²) in [5.41, 5.74) is 0.799. The number of fused-ring (bicyclic) bond motifs is 1. The first-order chi connectivity index (χ1) is 12.4. The largest absolute Gasteiger partial charge is 0.450 e. The summed E-state index contributed by atoms with van der Waals surface area (Å²) >= 11 is 7.38. The zero-order valence-corrected chi connectivity index (χ0v) is 15.3. The Balaban J connectivity index is 1.66. The molecule has 2 aromatic heterocycles. The van der Waals surface area contributed by atoms with Gasteiger partial charge in [0, 0.05) is 24.7 Å². The molecule has 0 saturated heterocycles. The summed E-state index contributed by atoms with van der Waals surface area (Å²) in [6, 6.07) is 7.44. The first-order valence-electron chi connectivity index (χ1n) is 7.59. The van der Waals surface area contributed by atoms with Gasteiger partial charge in [-0.05, 0) is 40.6 Å². The fourth-order valence-corrected chi connectivity index (χ4v) is 3.11. The van der Waals surface area contributed by atoms with Gasteiger partial charge in [0.1, 0.15) is 5.58 Å². The lowest BCUT2D eigenvalue weighted by Gasteiger charge is -2.16. The van der Waals surface area contributed by atoms with Crippen LogP contribution in [-0.2, 0) is 16.1 Å². The van der Waals surface area contributed by atoms with Crippen LogP contribution in [0.5, 0.6) is 0 Å². The number of hydrogen-bond donors (Lipinski definition) is 0. The Kier molecular flexibility index (Phi) is 5.39. The highest BCUT2D eigenvalue weighted by molar-refractivity contribution is 7.07. The topological polar surface area (TPSA) is 76.8 Å². The summed E-state index contributed by atoms with van der Waals surface area (Å²) in [7, 11) is 1.62. The number of likely N-dealkylation sites (N-methyl/N-ethyl adjacent to an activating group) is 1. The van der Waals surface area contributed by atoms with Crippen LogP contribution in [0.3, 0.4) is 0 Å². The zero-order valence-electron chi connectivity index (χ0n) is 13.7. The van der Waals surface area contributed by atoms with E-state index in [1.54, 1.807) is 13.1 Å². The van der Waals surface area contributed by atoms with E-state index in [-0.39, 0.29) is 22.6 Å². The number of carbonyl (C=O) groups excluding carboxylic acids is 2. The SMILES string of the molecule is CN(Cc1ccsc1)C(=O)COC(=O)c1cc(=O)c2cc(Cl)ccc2o1. The molecular weight excluding hydrogens is 378 g/mol. The minimum Gasteiger partial charge on any atom is -0.450 e. The van der Waals surface area contributed by atoms with Gasteiger partial charge in [-0.2, -0.15) is 11.3 Å². The van der Waals surface area contributed by atoms with Gasteiger partial charge in [0.15, 0.2) is 12.0 Å². The third-order valence-corrected chi connectivity index (χ3v) is 4.61. The maximum Gasteiger partial charge on any atom is 0.374 e. The van der Waals surface area contributed by atoms with Crippen LogP contribution in [0.4, 0.5) is 0 Å². The molecule has 0 radical (unpaired) electrons. The van der Waals surface area contributed by atoms with Crippen LogP contribution in [-0.4, -0.2) is 30.4 Å². The lowest BCUT2D eigenvalue weighted by Crippen LogP contribution is -2.30. The van der Waals surface area contributed by atoms with Crippen LogP contribution in [0, 0.1) is 0 Å². The smallest absolute Gasteiger partial charge is 0.374 e. The van der Waals surface area contributed by atoms with Gasteiger partial charge < -0.3 is 14.1 Å². The molecule has 3 aromatic rings. The number of esters is 1. The predicted molar refractivity (Wildman–Crippen MR) is 98.6 cm³/mol. The maximum atomic E-state index is 12.1. The molecule has 3 rings (SSSR count). The summed E-state index contributed by atoms with van der Waals surface area (Å²) in [4.78, 5) is 37.7. The first kappa shape index (κ1) is 18.2. The molecule has 0 atom stereocenters. The minimum absolute atomic E-state index is 0.217. The van der Waals surface area contributed by atoms with Gasteiger partial charge in [0.2, 0.25) is 5.76 Å². The highest BCUT2D eigenvalue weighted by atomic mass is 35.5. The number of hydrogen-bond acceptors (Lipinski definition) is 6. The van der Waals surface area contributed by atoms with Crippen LogP contribution in [0.25, 0.3) is 11.0 Å². The molecule has 1 aromatic carbocycles. The molecule has 0 aliphatic heterocycles. The molecule has 0 aliphatic rings. The second-order valence-electron chi connectivity index (χ2n) is 5.57. The van der Waals surface area contributed by atoms with Gasteiger partial charge in [-0.1, -0.05) is 11.6 Å². The van der Waals surface area contributed by atoms with Gasteiger partial charge in [0.25, 0.3) is 5.91 Å². The second kappa shape index (κ2) is 7.72. The van der Waals surface area contributed by atoms with Crippen molar-refractivity contribution in [2.45, 2.75) is 6.54 Å². The van der Waals surface area contributed by atoms with E-state index in [9.17, 15) is 14.4 Å². The Morgan fingerprint density at radius 1 is 1.27 bits per heavy atom. The van der Waals surface area contributed by atoms with E-state index in [1.807, 2.05) is 16.8 Å². The summed E-state index contributed by atoms with van der Waals surface area (Å²) in [5.74, 6) is -1.51. The average molecular weight is 392 g/mol. The zero-order chi connectivity index (χ0) is 18.7. The lowest BCUT2D eigenvalue weighted by molar-refractivity contribution is -0.133. The Labute approximate surface area is 157 Å². The van der Waals surface area contributed by atoms with Gasteiger partial charge in [-0.15, -0.1) is 0 Å². The molecule has 2 heterocycles. The molecule has 1 amide bonds. The molecule has 0 bridgehead atoms. The highest BCUT2D eigenvalue weighted by Gasteiger charge is 2.17. The van der Waals surface area contributed by atoms with Crippen LogP contribution in [0.15, 0.2) is 50.3 Å². The summed E-state index contributed by atoms with van der Waals surface area (Å²) < 4.78 is 10.4. The third kappa shape index (κ3) is 4.12. The van der Waals surface area contributed by atoms with Crippen molar-refractivity contribution in [3.05, 3.63) is 67.7 Å². The summed E-state index contributed by atoms with van der Waals surface area (Å²) in [5, 5.41) is 4.51. The molecule has 8 heteroatoms. The molecule has 0 spiro atoms. The molecule has 6 nitrogen and oxygen atoms in total. The molecule has 0 N–H and O–H groups in total. The van der Waals surface area contributed by atoms with Gasteiger partial charge in [-0.25, -0.2) is 4.79 Å². The van der Waals surface area contributed by atoms with Crippen molar-refractivity contribution in [1.82, 2.24) is 4.90 Å². The van der Waals surface area contributed by atoms with E-state index >= 15 is 0 Å². The van der Waals surface area contributed by atoms with E-state index in [4.69, 9.17) is 20.8 Å². The monoisotopic (exact) mass is 391 g/mol. The van der Waals surface area contributed by atoms with Gasteiger partial charge in [-0.3, -0.25) is 9.59 Å². The lowest BCUT2D eigenvalue weighted by atomic mass is 10.2. The van der Waals surface area contributed by atoms with Crippen molar-refractivity contribution in [2.24, 2.45) is 0 Å². The Hall–Kier alpha value is -2.64. The van der Waals surface area contributed by atoms with Crippen molar-refractivity contribution in [3.63, 3.8) is 0 Å². The van der Waals surface area contributed by atoms with Crippen LogP contribution < -0.4 is 5.43 Å². The fourth-order valence-electron chi connectivity index (χ4n) is 2.28. The normalized spacial score (nSPS) is 10.7.